The number of ketones is 1. The quantitative estimate of drug-likeness (QED) is 0.804. The highest BCUT2D eigenvalue weighted by molar-refractivity contribution is 5.99. The number of alkyl halides is 3. The van der Waals surface area contributed by atoms with Crippen LogP contribution < -0.4 is 0 Å². The normalized spacial score (nSPS) is 11.9. The monoisotopic (exact) mass is 296 g/mol. The summed E-state index contributed by atoms with van der Waals surface area (Å²) in [6, 6.07) is 7.76. The van der Waals surface area contributed by atoms with E-state index in [-0.39, 0.29) is 0 Å². The summed E-state index contributed by atoms with van der Waals surface area (Å²) in [5, 5.41) is 3.80. The van der Waals surface area contributed by atoms with E-state index in [1.165, 1.54) is 10.2 Å². The third-order valence-corrected chi connectivity index (χ3v) is 3.14. The summed E-state index contributed by atoms with van der Waals surface area (Å²) in [6.07, 6.45) is -2.81. The molecule has 0 atom stereocenters. The molecule has 2 aromatic rings. The van der Waals surface area contributed by atoms with E-state index in [0.717, 1.165) is 18.0 Å². The lowest BCUT2D eigenvalue weighted by molar-refractivity contribution is -0.0885. The number of carbonyl (C=O) groups excluding carboxylic acids is 1. The second kappa shape index (κ2) is 5.71. The summed E-state index contributed by atoms with van der Waals surface area (Å²) in [4.78, 5) is 11.1. The first kappa shape index (κ1) is 15.3. The second-order valence-corrected chi connectivity index (χ2v) is 5.15. The Bertz CT molecular complexity index is 627. The van der Waals surface area contributed by atoms with Crippen LogP contribution in [-0.2, 0) is 6.54 Å². The van der Waals surface area contributed by atoms with Crippen molar-refractivity contribution in [3.05, 3.63) is 53.3 Å². The van der Waals surface area contributed by atoms with E-state index >= 15 is 0 Å². The van der Waals surface area contributed by atoms with Crippen LogP contribution in [0.25, 0.3) is 0 Å². The number of rotatable bonds is 4. The Labute approximate surface area is 120 Å². The molecule has 0 amide bonds. The van der Waals surface area contributed by atoms with E-state index in [9.17, 15) is 18.0 Å². The van der Waals surface area contributed by atoms with Crippen molar-refractivity contribution in [3.8, 4) is 0 Å². The van der Waals surface area contributed by atoms with E-state index in [2.05, 4.69) is 18.9 Å². The van der Waals surface area contributed by atoms with Crippen LogP contribution in [0.2, 0.25) is 0 Å². The number of hydrogen-bond donors (Lipinski definition) is 0. The molecule has 0 aliphatic heterocycles. The van der Waals surface area contributed by atoms with Crippen LogP contribution >= 0.6 is 0 Å². The molecule has 2 rings (SSSR count). The van der Waals surface area contributed by atoms with Crippen molar-refractivity contribution in [2.75, 3.05) is 0 Å². The maximum Gasteiger partial charge on any atom is 0.454 e. The molecule has 0 spiro atoms. The minimum Gasteiger partial charge on any atom is -0.284 e. The van der Waals surface area contributed by atoms with Crippen LogP contribution in [-0.4, -0.2) is 21.7 Å². The van der Waals surface area contributed by atoms with Gasteiger partial charge in [-0.15, -0.1) is 0 Å². The van der Waals surface area contributed by atoms with E-state index < -0.39 is 17.5 Å². The largest absolute Gasteiger partial charge is 0.454 e. The van der Waals surface area contributed by atoms with E-state index in [1.807, 2.05) is 24.3 Å². The molecular weight excluding hydrogens is 281 g/mol. The Kier molecular flexibility index (Phi) is 4.16. The maximum atomic E-state index is 12.3. The van der Waals surface area contributed by atoms with Crippen molar-refractivity contribution >= 4 is 5.78 Å². The van der Waals surface area contributed by atoms with Gasteiger partial charge in [-0.3, -0.25) is 9.48 Å². The Morgan fingerprint density at radius 2 is 1.86 bits per heavy atom. The molecule has 0 unspecified atom stereocenters. The molecule has 21 heavy (non-hydrogen) atoms. The molecule has 6 heteroatoms. The van der Waals surface area contributed by atoms with Gasteiger partial charge in [0, 0.05) is 6.20 Å². The fourth-order valence-corrected chi connectivity index (χ4v) is 1.93. The fraction of sp³-hybridized carbons (Fsp3) is 0.333. The third kappa shape index (κ3) is 3.71. The minimum absolute atomic E-state index is 0.323. The van der Waals surface area contributed by atoms with Crippen molar-refractivity contribution < 1.29 is 18.0 Å². The molecule has 0 saturated heterocycles. The molecule has 0 aliphatic rings. The maximum absolute atomic E-state index is 12.3. The minimum atomic E-state index is -4.87. The van der Waals surface area contributed by atoms with Crippen molar-refractivity contribution in [2.24, 2.45) is 0 Å². The number of carbonyl (C=O) groups is 1. The predicted octanol–water partition coefficient (Wildman–Crippen LogP) is 3.80. The van der Waals surface area contributed by atoms with Crippen molar-refractivity contribution in [1.82, 2.24) is 9.78 Å². The topological polar surface area (TPSA) is 34.9 Å². The molecule has 1 aromatic carbocycles. The molecule has 1 aromatic heterocycles. The van der Waals surface area contributed by atoms with Gasteiger partial charge in [-0.1, -0.05) is 38.1 Å². The van der Waals surface area contributed by atoms with E-state index in [0.29, 0.717) is 12.5 Å². The Morgan fingerprint density at radius 1 is 1.24 bits per heavy atom. The zero-order valence-corrected chi connectivity index (χ0v) is 11.7. The van der Waals surface area contributed by atoms with E-state index in [1.54, 1.807) is 0 Å². The number of nitrogens with zero attached hydrogens (tertiary/aromatic N) is 2. The molecule has 0 fully saturated rings. The van der Waals surface area contributed by atoms with Gasteiger partial charge in [-0.2, -0.15) is 18.3 Å². The molecule has 0 saturated carbocycles. The van der Waals surface area contributed by atoms with Gasteiger partial charge in [0.1, 0.15) is 0 Å². The molecule has 0 aliphatic carbocycles. The number of hydrogen-bond acceptors (Lipinski definition) is 2. The second-order valence-electron chi connectivity index (χ2n) is 5.15. The van der Waals surface area contributed by atoms with Gasteiger partial charge < -0.3 is 0 Å². The summed E-state index contributed by atoms with van der Waals surface area (Å²) < 4.78 is 38.2. The standard InChI is InChI=1S/C15H15F3N2O/c1-10(2)12-5-3-11(4-6-12)8-20-9-13(7-19-20)14(21)15(16,17)18/h3-7,9-10H,8H2,1-2H3. The van der Waals surface area contributed by atoms with Crippen LogP contribution in [0.15, 0.2) is 36.7 Å². The van der Waals surface area contributed by atoms with Crippen molar-refractivity contribution in [1.29, 1.82) is 0 Å². The third-order valence-electron chi connectivity index (χ3n) is 3.14. The summed E-state index contributed by atoms with van der Waals surface area (Å²) in [5.41, 5.74) is 1.65. The van der Waals surface area contributed by atoms with Crippen molar-refractivity contribution in [3.63, 3.8) is 0 Å². The first-order valence-corrected chi connectivity index (χ1v) is 6.50. The number of benzene rings is 1. The van der Waals surface area contributed by atoms with Crippen LogP contribution in [0.3, 0.4) is 0 Å². The molecule has 0 radical (unpaired) electrons. The Hall–Kier alpha value is -2.11. The van der Waals surface area contributed by atoms with Gasteiger partial charge in [0.2, 0.25) is 0 Å². The summed E-state index contributed by atoms with van der Waals surface area (Å²) in [5.74, 6) is -1.45. The lowest BCUT2D eigenvalue weighted by atomic mass is 10.0. The molecule has 3 nitrogen and oxygen atoms in total. The van der Waals surface area contributed by atoms with Gasteiger partial charge in [0.15, 0.2) is 0 Å². The summed E-state index contributed by atoms with van der Waals surface area (Å²) >= 11 is 0. The van der Waals surface area contributed by atoms with Gasteiger partial charge in [-0.05, 0) is 17.0 Å². The van der Waals surface area contributed by atoms with Gasteiger partial charge in [0.25, 0.3) is 5.78 Å². The number of aromatic nitrogens is 2. The highest BCUT2D eigenvalue weighted by Crippen LogP contribution is 2.21. The van der Waals surface area contributed by atoms with Crippen LogP contribution in [0.5, 0.6) is 0 Å². The molecule has 0 bridgehead atoms. The smallest absolute Gasteiger partial charge is 0.284 e. The van der Waals surface area contributed by atoms with E-state index in [4.69, 9.17) is 0 Å². The highest BCUT2D eigenvalue weighted by atomic mass is 19.4. The Balaban J connectivity index is 2.11. The Morgan fingerprint density at radius 3 is 2.38 bits per heavy atom. The van der Waals surface area contributed by atoms with Crippen molar-refractivity contribution in [2.45, 2.75) is 32.5 Å². The van der Waals surface area contributed by atoms with Gasteiger partial charge in [-0.25, -0.2) is 0 Å². The summed E-state index contributed by atoms with van der Waals surface area (Å²) in [6.45, 7) is 4.48. The number of Topliss-reactive ketones (excluding diaryl/α,β-unsaturated/α-hetero) is 1. The number of halogens is 3. The molecular formula is C15H15F3N2O. The van der Waals surface area contributed by atoms with Crippen LogP contribution in [0, 0.1) is 0 Å². The van der Waals surface area contributed by atoms with Crippen LogP contribution in [0.1, 0.15) is 41.3 Å². The zero-order valence-electron chi connectivity index (χ0n) is 11.7. The highest BCUT2D eigenvalue weighted by Gasteiger charge is 2.39. The van der Waals surface area contributed by atoms with Gasteiger partial charge >= 0.3 is 6.18 Å². The lowest BCUT2D eigenvalue weighted by Gasteiger charge is -2.07. The first-order chi connectivity index (χ1) is 9.77. The SMILES string of the molecule is CC(C)c1ccc(Cn2cc(C(=O)C(F)(F)F)cn2)cc1. The average Bonchev–Trinajstić information content (AvgIpc) is 2.85. The fourth-order valence-electron chi connectivity index (χ4n) is 1.93. The first-order valence-electron chi connectivity index (χ1n) is 6.50. The predicted molar refractivity (Wildman–Crippen MR) is 72.2 cm³/mol. The average molecular weight is 296 g/mol. The molecule has 1 heterocycles. The lowest BCUT2D eigenvalue weighted by Crippen LogP contribution is -2.22. The molecule has 0 N–H and O–H groups in total. The van der Waals surface area contributed by atoms with Gasteiger partial charge in [0.05, 0.1) is 18.3 Å². The van der Waals surface area contributed by atoms with Crippen LogP contribution in [0.4, 0.5) is 13.2 Å². The zero-order chi connectivity index (χ0) is 15.6. The summed E-state index contributed by atoms with van der Waals surface area (Å²) in [7, 11) is 0. The molecule has 112 valence electrons.